The van der Waals surface area contributed by atoms with Crippen molar-refractivity contribution < 1.29 is 0 Å². The van der Waals surface area contributed by atoms with E-state index in [9.17, 15) is 0 Å². The third kappa shape index (κ3) is 2.53. The van der Waals surface area contributed by atoms with Crippen molar-refractivity contribution in [3.05, 3.63) is 11.1 Å². The number of nitrogens with two attached hydrogens (primary N) is 1. The molecule has 2 heterocycles. The van der Waals surface area contributed by atoms with Crippen LogP contribution in [0.25, 0.3) is 0 Å². The summed E-state index contributed by atoms with van der Waals surface area (Å²) in [6.45, 7) is 7.79. The molecule has 16 heavy (non-hydrogen) atoms. The van der Waals surface area contributed by atoms with Gasteiger partial charge in [0.05, 0.1) is 0 Å². The first kappa shape index (κ1) is 11.8. The van der Waals surface area contributed by atoms with Gasteiger partial charge < -0.3 is 5.73 Å². The van der Waals surface area contributed by atoms with Crippen molar-refractivity contribution in [2.45, 2.75) is 32.5 Å². The van der Waals surface area contributed by atoms with Crippen LogP contribution in [-0.4, -0.2) is 47.0 Å². The Balaban J connectivity index is 1.96. The molecule has 0 radical (unpaired) electrons. The number of nitrogens with zero attached hydrogens (tertiary/aromatic N) is 3. The summed E-state index contributed by atoms with van der Waals surface area (Å²) in [6, 6.07) is 1.24. The molecule has 2 atom stereocenters. The highest BCUT2D eigenvalue weighted by atomic mass is 32.1. The molecule has 0 aliphatic carbocycles. The van der Waals surface area contributed by atoms with E-state index >= 15 is 0 Å². The summed E-state index contributed by atoms with van der Waals surface area (Å²) < 4.78 is 0. The Morgan fingerprint density at radius 1 is 1.44 bits per heavy atom. The Kier molecular flexibility index (Phi) is 3.47. The minimum atomic E-state index is 0.619. The Morgan fingerprint density at radius 3 is 2.56 bits per heavy atom. The number of hydrogen-bond donors (Lipinski definition) is 1. The molecular formula is C11H20N4S. The van der Waals surface area contributed by atoms with Gasteiger partial charge in [-0.05, 0) is 20.9 Å². The molecular weight excluding hydrogens is 220 g/mol. The second kappa shape index (κ2) is 4.69. The summed E-state index contributed by atoms with van der Waals surface area (Å²) in [7, 11) is 2.21. The average Bonchev–Trinajstić information content (AvgIpc) is 2.60. The van der Waals surface area contributed by atoms with E-state index in [-0.39, 0.29) is 0 Å². The van der Waals surface area contributed by atoms with Gasteiger partial charge in [0.2, 0.25) is 0 Å². The Bertz CT molecular complexity index is 340. The molecule has 2 N–H and O–H groups in total. The van der Waals surface area contributed by atoms with E-state index < -0.39 is 0 Å². The molecule has 0 amide bonds. The van der Waals surface area contributed by atoms with Crippen molar-refractivity contribution in [3.63, 3.8) is 0 Å². The highest BCUT2D eigenvalue weighted by Gasteiger charge is 2.26. The number of aromatic nitrogens is 1. The molecule has 2 unspecified atom stereocenters. The van der Waals surface area contributed by atoms with Gasteiger partial charge in [-0.3, -0.25) is 9.80 Å². The number of nitrogen functional groups attached to an aromatic ring is 1. The molecule has 1 saturated heterocycles. The van der Waals surface area contributed by atoms with Gasteiger partial charge in [0.1, 0.15) is 0 Å². The van der Waals surface area contributed by atoms with Crippen molar-refractivity contribution in [3.8, 4) is 0 Å². The molecule has 0 bridgehead atoms. The minimum absolute atomic E-state index is 0.619. The molecule has 90 valence electrons. The van der Waals surface area contributed by atoms with Crippen molar-refractivity contribution in [2.24, 2.45) is 0 Å². The van der Waals surface area contributed by atoms with Crippen molar-refractivity contribution >= 4 is 16.5 Å². The van der Waals surface area contributed by atoms with Gasteiger partial charge in [-0.15, -0.1) is 11.3 Å². The standard InChI is InChI=1S/C11H20N4S/c1-8-5-15(6-9(2)14(8)3)7-10-4-13-11(12)16-10/h4,8-9H,5-7H2,1-3H3,(H2,12,13). The highest BCUT2D eigenvalue weighted by Crippen LogP contribution is 2.20. The molecule has 1 aromatic heterocycles. The van der Waals surface area contributed by atoms with E-state index in [0.717, 1.165) is 19.6 Å². The van der Waals surface area contributed by atoms with Crippen LogP contribution in [-0.2, 0) is 6.54 Å². The lowest BCUT2D eigenvalue weighted by molar-refractivity contribution is 0.0562. The monoisotopic (exact) mass is 240 g/mol. The maximum atomic E-state index is 5.64. The molecule has 5 heteroatoms. The van der Waals surface area contributed by atoms with E-state index in [2.05, 4.69) is 35.7 Å². The summed E-state index contributed by atoms with van der Waals surface area (Å²) in [5, 5.41) is 0.672. The number of likely N-dealkylation sites (N-methyl/N-ethyl adjacent to an activating group) is 1. The number of rotatable bonds is 2. The quantitative estimate of drug-likeness (QED) is 0.845. The fourth-order valence-corrected chi connectivity index (χ4v) is 2.99. The molecule has 0 saturated carbocycles. The minimum Gasteiger partial charge on any atom is -0.375 e. The molecule has 0 spiro atoms. The van der Waals surface area contributed by atoms with E-state index in [0.29, 0.717) is 17.2 Å². The highest BCUT2D eigenvalue weighted by molar-refractivity contribution is 7.15. The average molecular weight is 240 g/mol. The third-order valence-electron chi connectivity index (χ3n) is 3.39. The summed E-state index contributed by atoms with van der Waals surface area (Å²) in [5.74, 6) is 0. The molecule has 1 aromatic rings. The van der Waals surface area contributed by atoms with Gasteiger partial charge in [0, 0.05) is 42.8 Å². The van der Waals surface area contributed by atoms with Gasteiger partial charge in [-0.25, -0.2) is 4.98 Å². The van der Waals surface area contributed by atoms with E-state index in [1.807, 2.05) is 6.20 Å². The van der Waals surface area contributed by atoms with Crippen LogP contribution in [0, 0.1) is 0 Å². The molecule has 1 fully saturated rings. The number of anilines is 1. The lowest BCUT2D eigenvalue weighted by Gasteiger charge is -2.42. The van der Waals surface area contributed by atoms with Crippen LogP contribution in [0.3, 0.4) is 0 Å². The van der Waals surface area contributed by atoms with Crippen molar-refractivity contribution in [2.75, 3.05) is 25.9 Å². The molecule has 2 rings (SSSR count). The Hall–Kier alpha value is -0.650. The van der Waals surface area contributed by atoms with Crippen LogP contribution >= 0.6 is 11.3 Å². The number of piperazine rings is 1. The predicted octanol–water partition coefficient (Wildman–Crippen LogP) is 1.25. The topological polar surface area (TPSA) is 45.4 Å². The lowest BCUT2D eigenvalue weighted by atomic mass is 10.1. The van der Waals surface area contributed by atoms with Gasteiger partial charge >= 0.3 is 0 Å². The van der Waals surface area contributed by atoms with Gasteiger partial charge in [-0.1, -0.05) is 0 Å². The summed E-state index contributed by atoms with van der Waals surface area (Å²) in [4.78, 5) is 10.3. The summed E-state index contributed by atoms with van der Waals surface area (Å²) >= 11 is 1.60. The first-order chi connectivity index (χ1) is 7.56. The second-order valence-corrected chi connectivity index (χ2v) is 5.87. The lowest BCUT2D eigenvalue weighted by Crippen LogP contribution is -2.54. The van der Waals surface area contributed by atoms with E-state index in [1.165, 1.54) is 4.88 Å². The Labute approximate surface area is 101 Å². The number of thiazole rings is 1. The van der Waals surface area contributed by atoms with Crippen LogP contribution in [0.2, 0.25) is 0 Å². The SMILES string of the molecule is CC1CN(Cc2cnc(N)s2)CC(C)N1C. The van der Waals surface area contributed by atoms with Crippen LogP contribution < -0.4 is 5.73 Å². The van der Waals surface area contributed by atoms with E-state index in [1.54, 1.807) is 11.3 Å². The molecule has 0 aromatic carbocycles. The van der Waals surface area contributed by atoms with Gasteiger partial charge in [0.25, 0.3) is 0 Å². The zero-order chi connectivity index (χ0) is 11.7. The first-order valence-corrected chi connectivity index (χ1v) is 6.52. The maximum absolute atomic E-state index is 5.64. The normalized spacial score (nSPS) is 28.4. The summed E-state index contributed by atoms with van der Waals surface area (Å²) in [5.41, 5.74) is 5.64. The van der Waals surface area contributed by atoms with Crippen LogP contribution in [0.15, 0.2) is 6.20 Å². The van der Waals surface area contributed by atoms with Gasteiger partial charge in [-0.2, -0.15) is 0 Å². The third-order valence-corrected chi connectivity index (χ3v) is 4.20. The van der Waals surface area contributed by atoms with E-state index in [4.69, 9.17) is 5.73 Å². The molecule has 1 aliphatic rings. The smallest absolute Gasteiger partial charge is 0.180 e. The molecule has 1 aliphatic heterocycles. The number of hydrogen-bond acceptors (Lipinski definition) is 5. The predicted molar refractivity (Wildman–Crippen MR) is 68.5 cm³/mol. The zero-order valence-corrected chi connectivity index (χ0v) is 11.0. The largest absolute Gasteiger partial charge is 0.375 e. The van der Waals surface area contributed by atoms with Crippen LogP contribution in [0.1, 0.15) is 18.7 Å². The zero-order valence-electron chi connectivity index (χ0n) is 10.2. The van der Waals surface area contributed by atoms with Crippen LogP contribution in [0.4, 0.5) is 5.13 Å². The maximum Gasteiger partial charge on any atom is 0.180 e. The summed E-state index contributed by atoms with van der Waals surface area (Å²) in [6.07, 6.45) is 1.90. The van der Waals surface area contributed by atoms with Gasteiger partial charge in [0.15, 0.2) is 5.13 Å². The van der Waals surface area contributed by atoms with Crippen LogP contribution in [0.5, 0.6) is 0 Å². The van der Waals surface area contributed by atoms with Crippen molar-refractivity contribution in [1.29, 1.82) is 0 Å². The molecule has 4 nitrogen and oxygen atoms in total. The fourth-order valence-electron chi connectivity index (χ4n) is 2.26. The first-order valence-electron chi connectivity index (χ1n) is 5.70. The Morgan fingerprint density at radius 2 is 2.06 bits per heavy atom. The second-order valence-electron chi connectivity index (χ2n) is 4.72. The fraction of sp³-hybridized carbons (Fsp3) is 0.727. The van der Waals surface area contributed by atoms with Crippen molar-refractivity contribution in [1.82, 2.24) is 14.8 Å².